The van der Waals surface area contributed by atoms with E-state index in [0.717, 1.165) is 6.07 Å². The summed E-state index contributed by atoms with van der Waals surface area (Å²) in [6, 6.07) is 4.27. The molecule has 68 valence electrons. The lowest BCUT2D eigenvalue weighted by Crippen LogP contribution is -1.96. The molecule has 13 heavy (non-hydrogen) atoms. The average molecular weight is 203 g/mol. The Labute approximate surface area is 78.8 Å². The molecule has 0 unspecified atom stereocenters. The lowest BCUT2D eigenvalue weighted by Gasteiger charge is -2.02. The van der Waals surface area contributed by atoms with E-state index in [1.165, 1.54) is 6.07 Å². The maximum atomic E-state index is 12.1. The lowest BCUT2D eigenvalue weighted by molar-refractivity contribution is 0.146. The van der Waals surface area contributed by atoms with E-state index in [1.54, 1.807) is 6.07 Å². The van der Waals surface area contributed by atoms with E-state index in [0.29, 0.717) is 0 Å². The van der Waals surface area contributed by atoms with Crippen LogP contribution in [0.1, 0.15) is 17.8 Å². The Morgan fingerprint density at radius 1 is 1.54 bits per heavy atom. The molecular formula is C8H5ClF2N2. The molecule has 2 nitrogen and oxygen atoms in total. The Morgan fingerprint density at radius 3 is 2.77 bits per heavy atom. The van der Waals surface area contributed by atoms with Crippen LogP contribution in [0.4, 0.5) is 8.78 Å². The quantitative estimate of drug-likeness (QED) is 0.740. The summed E-state index contributed by atoms with van der Waals surface area (Å²) < 4.78 is 24.3. The Kier molecular flexibility index (Phi) is 3.15. The first-order valence-corrected chi connectivity index (χ1v) is 3.83. The summed E-state index contributed by atoms with van der Waals surface area (Å²) in [6.45, 7) is 0. The molecule has 0 saturated heterocycles. The summed E-state index contributed by atoms with van der Waals surface area (Å²) in [5, 5.41) is 8.58. The summed E-state index contributed by atoms with van der Waals surface area (Å²) in [4.78, 5) is 3.56. The number of aromatic nitrogens is 1. The first kappa shape index (κ1) is 9.87. The first-order valence-electron chi connectivity index (χ1n) is 3.45. The highest BCUT2D eigenvalue weighted by atomic mass is 35.5. The van der Waals surface area contributed by atoms with Gasteiger partial charge in [0.2, 0.25) is 0 Å². The standard InChI is InChI=1S/C8H5ClF2N2/c9-5-1-2-7(8(10)11)13-6(5)3-4-12/h1-2,8H,3H2. The van der Waals surface area contributed by atoms with Crippen LogP contribution in [0, 0.1) is 11.3 Å². The van der Waals surface area contributed by atoms with Gasteiger partial charge in [-0.1, -0.05) is 11.6 Å². The Bertz CT molecular complexity index is 346. The fourth-order valence-electron chi connectivity index (χ4n) is 0.822. The van der Waals surface area contributed by atoms with Gasteiger partial charge in [-0.2, -0.15) is 5.26 Å². The summed E-state index contributed by atoms with van der Waals surface area (Å²) in [7, 11) is 0. The maximum Gasteiger partial charge on any atom is 0.280 e. The zero-order valence-corrected chi connectivity index (χ0v) is 7.22. The molecular weight excluding hydrogens is 198 g/mol. The molecule has 1 aromatic heterocycles. The van der Waals surface area contributed by atoms with E-state index < -0.39 is 6.43 Å². The van der Waals surface area contributed by atoms with E-state index in [9.17, 15) is 8.78 Å². The number of nitrogens with zero attached hydrogens (tertiary/aromatic N) is 2. The number of hydrogen-bond acceptors (Lipinski definition) is 2. The van der Waals surface area contributed by atoms with Crippen molar-refractivity contribution in [1.82, 2.24) is 4.98 Å². The third-order valence-electron chi connectivity index (χ3n) is 1.41. The molecule has 0 amide bonds. The van der Waals surface area contributed by atoms with Gasteiger partial charge in [0.15, 0.2) is 0 Å². The molecule has 0 aromatic carbocycles. The SMILES string of the molecule is N#CCc1nc(C(F)F)ccc1Cl. The molecule has 0 aliphatic heterocycles. The molecule has 0 N–H and O–H groups in total. The van der Waals surface area contributed by atoms with Gasteiger partial charge in [-0.15, -0.1) is 0 Å². The topological polar surface area (TPSA) is 36.7 Å². The number of alkyl halides is 2. The lowest BCUT2D eigenvalue weighted by atomic mass is 10.2. The van der Waals surface area contributed by atoms with Crippen LogP contribution in [0.5, 0.6) is 0 Å². The number of halogens is 3. The summed E-state index contributed by atoms with van der Waals surface area (Å²) in [6.07, 6.45) is -2.69. The van der Waals surface area contributed by atoms with E-state index in [-0.39, 0.29) is 22.8 Å². The highest BCUT2D eigenvalue weighted by Gasteiger charge is 2.11. The van der Waals surface area contributed by atoms with Crippen molar-refractivity contribution in [3.8, 4) is 6.07 Å². The van der Waals surface area contributed by atoms with E-state index in [4.69, 9.17) is 16.9 Å². The Morgan fingerprint density at radius 2 is 2.23 bits per heavy atom. The fraction of sp³-hybridized carbons (Fsp3) is 0.250. The average Bonchev–Trinajstić information content (AvgIpc) is 2.08. The van der Waals surface area contributed by atoms with Gasteiger partial charge in [0, 0.05) is 0 Å². The molecule has 5 heteroatoms. The van der Waals surface area contributed by atoms with Crippen LogP contribution < -0.4 is 0 Å². The Balaban J connectivity index is 3.05. The molecule has 0 radical (unpaired) electrons. The zero-order chi connectivity index (χ0) is 9.84. The number of nitriles is 1. The second-order valence-corrected chi connectivity index (χ2v) is 2.71. The minimum absolute atomic E-state index is 0.0562. The second kappa shape index (κ2) is 4.15. The van der Waals surface area contributed by atoms with Crippen molar-refractivity contribution in [2.75, 3.05) is 0 Å². The van der Waals surface area contributed by atoms with Gasteiger partial charge >= 0.3 is 0 Å². The predicted octanol–water partition coefficient (Wildman–Crippen LogP) is 2.74. The van der Waals surface area contributed by atoms with E-state index >= 15 is 0 Å². The van der Waals surface area contributed by atoms with Crippen LogP contribution in [0.15, 0.2) is 12.1 Å². The third kappa shape index (κ3) is 2.36. The number of hydrogen-bond donors (Lipinski definition) is 0. The van der Waals surface area contributed by atoms with Crippen molar-refractivity contribution >= 4 is 11.6 Å². The van der Waals surface area contributed by atoms with Crippen LogP contribution in [-0.2, 0) is 6.42 Å². The minimum Gasteiger partial charge on any atom is -0.249 e. The van der Waals surface area contributed by atoms with E-state index in [1.807, 2.05) is 0 Å². The van der Waals surface area contributed by atoms with Gasteiger partial charge < -0.3 is 0 Å². The van der Waals surface area contributed by atoms with Gasteiger partial charge in [0.1, 0.15) is 5.69 Å². The molecule has 0 bridgehead atoms. The minimum atomic E-state index is -2.63. The summed E-state index contributed by atoms with van der Waals surface area (Å²) >= 11 is 5.62. The second-order valence-electron chi connectivity index (χ2n) is 2.30. The molecule has 0 saturated carbocycles. The van der Waals surface area contributed by atoms with Gasteiger partial charge in [-0.25, -0.2) is 13.8 Å². The number of pyridine rings is 1. The van der Waals surface area contributed by atoms with Gasteiger partial charge in [0.05, 0.1) is 23.2 Å². The number of rotatable bonds is 2. The van der Waals surface area contributed by atoms with Crippen molar-refractivity contribution in [3.63, 3.8) is 0 Å². The smallest absolute Gasteiger partial charge is 0.249 e. The van der Waals surface area contributed by atoms with Gasteiger partial charge in [-0.3, -0.25) is 0 Å². The van der Waals surface area contributed by atoms with Crippen LogP contribution in [0.3, 0.4) is 0 Å². The molecule has 1 heterocycles. The van der Waals surface area contributed by atoms with Crippen molar-refractivity contribution in [1.29, 1.82) is 5.26 Å². The van der Waals surface area contributed by atoms with Crippen molar-refractivity contribution in [2.45, 2.75) is 12.8 Å². The van der Waals surface area contributed by atoms with Crippen LogP contribution >= 0.6 is 11.6 Å². The molecule has 1 rings (SSSR count). The van der Waals surface area contributed by atoms with Crippen LogP contribution in [-0.4, -0.2) is 4.98 Å². The zero-order valence-electron chi connectivity index (χ0n) is 6.47. The largest absolute Gasteiger partial charge is 0.280 e. The van der Waals surface area contributed by atoms with E-state index in [2.05, 4.69) is 4.98 Å². The third-order valence-corrected chi connectivity index (χ3v) is 1.75. The molecule has 0 aliphatic rings. The summed E-state index contributed by atoms with van der Waals surface area (Å²) in [5.41, 5.74) is -0.156. The van der Waals surface area contributed by atoms with Crippen molar-refractivity contribution < 1.29 is 8.78 Å². The highest BCUT2D eigenvalue weighted by Crippen LogP contribution is 2.21. The van der Waals surface area contributed by atoms with Crippen molar-refractivity contribution in [3.05, 3.63) is 28.5 Å². The molecule has 0 spiro atoms. The normalized spacial score (nSPS) is 10.1. The molecule has 1 aromatic rings. The fourth-order valence-corrected chi connectivity index (χ4v) is 0.994. The molecule has 0 fully saturated rings. The highest BCUT2D eigenvalue weighted by molar-refractivity contribution is 6.31. The van der Waals surface area contributed by atoms with Gasteiger partial charge in [0.25, 0.3) is 6.43 Å². The Hall–Kier alpha value is -1.21. The molecule has 0 atom stereocenters. The summed E-state index contributed by atoms with van der Waals surface area (Å²) in [5.74, 6) is 0. The maximum absolute atomic E-state index is 12.1. The van der Waals surface area contributed by atoms with Crippen LogP contribution in [0.25, 0.3) is 0 Å². The first-order chi connectivity index (χ1) is 6.15. The van der Waals surface area contributed by atoms with Crippen LogP contribution in [0.2, 0.25) is 5.02 Å². The predicted molar refractivity (Wildman–Crippen MR) is 43.5 cm³/mol. The molecule has 0 aliphatic carbocycles. The van der Waals surface area contributed by atoms with Crippen molar-refractivity contribution in [2.24, 2.45) is 0 Å². The monoisotopic (exact) mass is 202 g/mol. The van der Waals surface area contributed by atoms with Gasteiger partial charge in [-0.05, 0) is 12.1 Å².